The van der Waals surface area contributed by atoms with Crippen molar-refractivity contribution in [2.45, 2.75) is 38.6 Å². The van der Waals surface area contributed by atoms with Crippen LogP contribution in [0.2, 0.25) is 0 Å². The van der Waals surface area contributed by atoms with Crippen LogP contribution in [0.1, 0.15) is 23.6 Å². The van der Waals surface area contributed by atoms with E-state index in [-0.39, 0.29) is 30.0 Å². The summed E-state index contributed by atoms with van der Waals surface area (Å²) in [7, 11) is 6.71. The molecule has 9 nitrogen and oxygen atoms in total. The molecule has 0 spiro atoms. The summed E-state index contributed by atoms with van der Waals surface area (Å²) < 4.78 is 17.8. The highest BCUT2D eigenvalue weighted by Gasteiger charge is 2.22. The van der Waals surface area contributed by atoms with Crippen molar-refractivity contribution in [3.63, 3.8) is 0 Å². The van der Waals surface area contributed by atoms with Crippen molar-refractivity contribution in [2.24, 2.45) is 4.99 Å². The van der Waals surface area contributed by atoms with E-state index in [1.165, 1.54) is 0 Å². The lowest BCUT2D eigenvalue weighted by atomic mass is 10.1. The highest BCUT2D eigenvalue weighted by atomic mass is 127. The summed E-state index contributed by atoms with van der Waals surface area (Å²) in [5.41, 5.74) is 1.03. The van der Waals surface area contributed by atoms with Crippen LogP contribution in [0.25, 0.3) is 0 Å². The normalized spacial score (nSPS) is 15.9. The predicted molar refractivity (Wildman–Crippen MR) is 121 cm³/mol. The average molecular weight is 516 g/mol. The fourth-order valence-electron chi connectivity index (χ4n) is 3.23. The number of aromatic nitrogens is 3. The maximum atomic E-state index is 5.46. The monoisotopic (exact) mass is 516 g/mol. The van der Waals surface area contributed by atoms with Gasteiger partial charge < -0.3 is 24.8 Å². The van der Waals surface area contributed by atoms with Crippen LogP contribution in [0.5, 0.6) is 11.5 Å². The van der Waals surface area contributed by atoms with Gasteiger partial charge in [0.25, 0.3) is 0 Å². The van der Waals surface area contributed by atoms with Crippen LogP contribution in [0.4, 0.5) is 0 Å². The quantitative estimate of drug-likeness (QED) is 0.329. The van der Waals surface area contributed by atoms with Crippen molar-refractivity contribution < 1.29 is 14.2 Å². The summed E-state index contributed by atoms with van der Waals surface area (Å²) in [5, 5.41) is 11.3. The molecular weight excluding hydrogens is 487 g/mol. The van der Waals surface area contributed by atoms with Crippen molar-refractivity contribution in [1.29, 1.82) is 0 Å². The van der Waals surface area contributed by atoms with E-state index in [1.807, 2.05) is 22.9 Å². The van der Waals surface area contributed by atoms with E-state index in [9.17, 15) is 0 Å². The maximum absolute atomic E-state index is 5.46. The molecule has 160 valence electrons. The number of fused-ring (bicyclic) bond motifs is 1. The summed E-state index contributed by atoms with van der Waals surface area (Å²) in [6.07, 6.45) is 1.84. The topological polar surface area (TPSA) is 94.8 Å². The molecule has 0 bridgehead atoms. The highest BCUT2D eigenvalue weighted by molar-refractivity contribution is 14.0. The third-order valence-corrected chi connectivity index (χ3v) is 4.68. The molecule has 29 heavy (non-hydrogen) atoms. The molecule has 2 aromatic rings. The Morgan fingerprint density at radius 2 is 2.10 bits per heavy atom. The third kappa shape index (κ3) is 5.95. The lowest BCUT2D eigenvalue weighted by Crippen LogP contribution is -2.46. The number of nitrogens with one attached hydrogen (secondary N) is 2. The van der Waals surface area contributed by atoms with E-state index in [0.29, 0.717) is 13.2 Å². The second-order valence-corrected chi connectivity index (χ2v) is 6.54. The van der Waals surface area contributed by atoms with Crippen LogP contribution < -0.4 is 20.1 Å². The molecule has 1 atom stereocenters. The van der Waals surface area contributed by atoms with Crippen molar-refractivity contribution in [3.05, 3.63) is 35.4 Å². The maximum Gasteiger partial charge on any atom is 0.191 e. The first-order valence-electron chi connectivity index (χ1n) is 9.26. The third-order valence-electron chi connectivity index (χ3n) is 4.68. The Balaban J connectivity index is 0.00000300. The molecule has 1 aliphatic rings. The molecule has 10 heteroatoms. The number of benzene rings is 1. The van der Waals surface area contributed by atoms with Crippen molar-refractivity contribution in [1.82, 2.24) is 25.4 Å². The molecule has 2 heterocycles. The Labute approximate surface area is 188 Å². The number of nitrogens with zero attached hydrogens (tertiary/aromatic N) is 4. The van der Waals surface area contributed by atoms with Gasteiger partial charge in [-0.2, -0.15) is 5.10 Å². The number of aliphatic imine (C=N–C) groups is 1. The SMILES string of the molecule is CN=C(NCc1ccc(OC)cc1OC)NC1CCc2nc(COC)nn2C1.I. The lowest BCUT2D eigenvalue weighted by molar-refractivity contribution is 0.177. The zero-order chi connectivity index (χ0) is 19.9. The van der Waals surface area contributed by atoms with Gasteiger partial charge in [0.05, 0.1) is 20.8 Å². The van der Waals surface area contributed by atoms with Crippen LogP contribution in [0.15, 0.2) is 23.2 Å². The number of methoxy groups -OCH3 is 3. The van der Waals surface area contributed by atoms with Crippen molar-refractivity contribution in [2.75, 3.05) is 28.4 Å². The number of aryl methyl sites for hydroxylation is 1. The summed E-state index contributed by atoms with van der Waals surface area (Å²) >= 11 is 0. The van der Waals surface area contributed by atoms with E-state index in [1.54, 1.807) is 28.4 Å². The van der Waals surface area contributed by atoms with Gasteiger partial charge in [0.2, 0.25) is 0 Å². The van der Waals surface area contributed by atoms with Gasteiger partial charge in [-0.3, -0.25) is 4.99 Å². The van der Waals surface area contributed by atoms with Gasteiger partial charge in [-0.15, -0.1) is 24.0 Å². The highest BCUT2D eigenvalue weighted by Crippen LogP contribution is 2.24. The van der Waals surface area contributed by atoms with E-state index >= 15 is 0 Å². The second kappa shape index (κ2) is 11.2. The van der Waals surface area contributed by atoms with Gasteiger partial charge in [-0.1, -0.05) is 0 Å². The number of rotatable bonds is 7. The van der Waals surface area contributed by atoms with Crippen LogP contribution in [0.3, 0.4) is 0 Å². The van der Waals surface area contributed by atoms with Crippen LogP contribution in [-0.2, 0) is 30.9 Å². The first-order valence-corrected chi connectivity index (χ1v) is 9.26. The van der Waals surface area contributed by atoms with E-state index in [4.69, 9.17) is 14.2 Å². The zero-order valence-corrected chi connectivity index (χ0v) is 19.6. The number of ether oxygens (including phenoxy) is 3. The molecule has 1 aromatic carbocycles. The molecule has 3 rings (SSSR count). The van der Waals surface area contributed by atoms with Gasteiger partial charge >= 0.3 is 0 Å². The second-order valence-electron chi connectivity index (χ2n) is 6.54. The van der Waals surface area contributed by atoms with Gasteiger partial charge in [-0.05, 0) is 18.6 Å². The molecule has 0 radical (unpaired) electrons. The van der Waals surface area contributed by atoms with Gasteiger partial charge in [0.1, 0.15) is 23.9 Å². The molecule has 0 fully saturated rings. The first kappa shape index (κ1) is 23.2. The Kier molecular flexibility index (Phi) is 8.96. The van der Waals surface area contributed by atoms with E-state index in [2.05, 4.69) is 25.7 Å². The predicted octanol–water partition coefficient (Wildman–Crippen LogP) is 1.74. The van der Waals surface area contributed by atoms with Crippen LogP contribution in [0, 0.1) is 0 Å². The number of hydrogen-bond donors (Lipinski definition) is 2. The molecule has 0 amide bonds. The van der Waals surface area contributed by atoms with E-state index in [0.717, 1.165) is 54.1 Å². The van der Waals surface area contributed by atoms with Crippen molar-refractivity contribution >= 4 is 29.9 Å². The molecule has 1 aliphatic heterocycles. The molecule has 0 aliphatic carbocycles. The summed E-state index contributed by atoms with van der Waals surface area (Å²) in [6, 6.07) is 6.00. The zero-order valence-electron chi connectivity index (χ0n) is 17.3. The van der Waals surface area contributed by atoms with Crippen LogP contribution >= 0.6 is 24.0 Å². The Morgan fingerprint density at radius 1 is 1.28 bits per heavy atom. The minimum atomic E-state index is 0. The molecular formula is C19H29IN6O3. The number of halogens is 1. The van der Waals surface area contributed by atoms with E-state index < -0.39 is 0 Å². The van der Waals surface area contributed by atoms with Gasteiger partial charge in [0.15, 0.2) is 11.8 Å². The minimum absolute atomic E-state index is 0. The average Bonchev–Trinajstić information content (AvgIpc) is 3.12. The summed E-state index contributed by atoms with van der Waals surface area (Å²) in [6.45, 7) is 1.77. The summed E-state index contributed by atoms with van der Waals surface area (Å²) in [5.74, 6) is 4.02. The largest absolute Gasteiger partial charge is 0.497 e. The molecule has 0 saturated carbocycles. The summed E-state index contributed by atoms with van der Waals surface area (Å²) in [4.78, 5) is 8.85. The van der Waals surface area contributed by atoms with Crippen LogP contribution in [-0.4, -0.2) is 55.1 Å². The Morgan fingerprint density at radius 3 is 2.79 bits per heavy atom. The fourth-order valence-corrected chi connectivity index (χ4v) is 3.23. The lowest BCUT2D eigenvalue weighted by Gasteiger charge is -2.25. The minimum Gasteiger partial charge on any atom is -0.497 e. The van der Waals surface area contributed by atoms with Gasteiger partial charge in [0, 0.05) is 44.8 Å². The van der Waals surface area contributed by atoms with Gasteiger partial charge in [-0.25, -0.2) is 9.67 Å². The molecule has 0 saturated heterocycles. The standard InChI is InChI=1S/C19H28N6O3.HI/c1-20-19(21-10-13-5-7-15(27-3)9-16(13)28-4)22-14-6-8-18-23-17(12-26-2)24-25(18)11-14;/h5,7,9,14H,6,8,10-12H2,1-4H3,(H2,20,21,22);1H. The Hall–Kier alpha value is -2.08. The Bertz CT molecular complexity index is 826. The molecule has 2 N–H and O–H groups in total. The number of hydrogen-bond acceptors (Lipinski definition) is 6. The fraction of sp³-hybridized carbons (Fsp3) is 0.526. The number of guanidine groups is 1. The molecule has 1 unspecified atom stereocenters. The van der Waals surface area contributed by atoms with Crippen molar-refractivity contribution in [3.8, 4) is 11.5 Å². The smallest absolute Gasteiger partial charge is 0.191 e. The molecule has 1 aromatic heterocycles. The first-order chi connectivity index (χ1) is 13.7.